The zero-order valence-electron chi connectivity index (χ0n) is 29.4. The lowest BCUT2D eigenvalue weighted by molar-refractivity contribution is 0.669. The predicted molar refractivity (Wildman–Crippen MR) is 231 cm³/mol. The maximum atomic E-state index is 6.69. The summed E-state index contributed by atoms with van der Waals surface area (Å²) in [6.07, 6.45) is 0. The van der Waals surface area contributed by atoms with Crippen LogP contribution < -0.4 is 15.9 Å². The molecular weight excluding hydrogens is 672 g/mol. The highest BCUT2D eigenvalue weighted by Gasteiger charge is 2.26. The van der Waals surface area contributed by atoms with Crippen LogP contribution >= 0.6 is 7.92 Å². The van der Waals surface area contributed by atoms with Gasteiger partial charge in [0.15, 0.2) is 0 Å². The molecule has 1 aliphatic carbocycles. The van der Waals surface area contributed by atoms with E-state index >= 15 is 0 Å². The molecule has 0 fully saturated rings. The summed E-state index contributed by atoms with van der Waals surface area (Å²) >= 11 is 0. The highest BCUT2D eigenvalue weighted by atomic mass is 31.1. The van der Waals surface area contributed by atoms with Crippen LogP contribution in [0.4, 0.5) is 0 Å². The molecule has 54 heavy (non-hydrogen) atoms. The monoisotopic (exact) mass is 704 g/mol. The minimum atomic E-state index is -0.913. The number of furan rings is 1. The van der Waals surface area contributed by atoms with Crippen molar-refractivity contribution in [2.24, 2.45) is 0 Å². The maximum Gasteiger partial charge on any atom is 0.136 e. The van der Waals surface area contributed by atoms with E-state index in [-0.39, 0.29) is 0 Å². The zero-order chi connectivity index (χ0) is 35.6. The van der Waals surface area contributed by atoms with Crippen LogP contribution in [0.1, 0.15) is 0 Å². The summed E-state index contributed by atoms with van der Waals surface area (Å²) in [5, 5.41) is 8.95. The molecule has 252 valence electrons. The van der Waals surface area contributed by atoms with E-state index in [0.717, 1.165) is 22.1 Å². The molecule has 11 rings (SSSR count). The van der Waals surface area contributed by atoms with Crippen molar-refractivity contribution >= 4 is 56.5 Å². The molecule has 0 amide bonds. The lowest BCUT2D eigenvalue weighted by Gasteiger charge is -2.25. The van der Waals surface area contributed by atoms with Crippen molar-refractivity contribution in [3.05, 3.63) is 200 Å². The van der Waals surface area contributed by atoms with Crippen LogP contribution in [0, 0.1) is 0 Å². The SMILES string of the molecule is c1ccc(-c2ccccc2P(c2ccc(-c3ccc4c(c3)oc3cc5c6c(cccc6c34)-c3ccccc3-5)cc2)c2ccccc2-c2ccccc2)cc1. The Bertz CT molecular complexity index is 2950. The van der Waals surface area contributed by atoms with Crippen LogP contribution in [0.25, 0.3) is 88.3 Å². The van der Waals surface area contributed by atoms with Crippen molar-refractivity contribution in [1.82, 2.24) is 0 Å². The quantitative estimate of drug-likeness (QED) is 0.157. The molecule has 0 atom stereocenters. The third-order valence-electron chi connectivity index (χ3n) is 11.0. The van der Waals surface area contributed by atoms with Crippen molar-refractivity contribution in [3.8, 4) is 55.6 Å². The summed E-state index contributed by atoms with van der Waals surface area (Å²) in [6.45, 7) is 0. The second kappa shape index (κ2) is 12.6. The van der Waals surface area contributed by atoms with Crippen molar-refractivity contribution in [2.45, 2.75) is 0 Å². The molecule has 2 heteroatoms. The first-order chi connectivity index (χ1) is 26.8. The second-order valence-corrected chi connectivity index (χ2v) is 16.2. The molecule has 1 aliphatic rings. The number of rotatable bonds is 6. The van der Waals surface area contributed by atoms with E-state index in [4.69, 9.17) is 4.42 Å². The van der Waals surface area contributed by atoms with Gasteiger partial charge < -0.3 is 4.42 Å². The molecule has 0 bridgehead atoms. The smallest absolute Gasteiger partial charge is 0.136 e. The van der Waals surface area contributed by atoms with Crippen LogP contribution in [0.15, 0.2) is 205 Å². The van der Waals surface area contributed by atoms with Crippen LogP contribution in [0.2, 0.25) is 0 Å². The van der Waals surface area contributed by atoms with Crippen molar-refractivity contribution in [3.63, 3.8) is 0 Å². The predicted octanol–water partition coefficient (Wildman–Crippen LogP) is 13.1. The summed E-state index contributed by atoms with van der Waals surface area (Å²) in [5.74, 6) is 0. The lowest BCUT2D eigenvalue weighted by atomic mass is 9.97. The molecule has 1 heterocycles. The molecule has 0 aliphatic heterocycles. The average molecular weight is 705 g/mol. The summed E-state index contributed by atoms with van der Waals surface area (Å²) in [4.78, 5) is 0. The van der Waals surface area contributed by atoms with E-state index in [1.54, 1.807) is 0 Å². The molecule has 0 radical (unpaired) electrons. The topological polar surface area (TPSA) is 13.1 Å². The van der Waals surface area contributed by atoms with E-state index in [1.807, 2.05) is 0 Å². The number of fused-ring (bicyclic) bond motifs is 7. The first-order valence-electron chi connectivity index (χ1n) is 18.5. The van der Waals surface area contributed by atoms with Crippen molar-refractivity contribution < 1.29 is 4.42 Å². The van der Waals surface area contributed by atoms with E-state index in [2.05, 4.69) is 200 Å². The number of hydrogen-bond acceptors (Lipinski definition) is 1. The Morgan fingerprint density at radius 2 is 0.833 bits per heavy atom. The summed E-state index contributed by atoms with van der Waals surface area (Å²) < 4.78 is 6.69. The molecule has 0 N–H and O–H groups in total. The molecular formula is C52H33OP. The lowest BCUT2D eigenvalue weighted by Crippen LogP contribution is -2.23. The van der Waals surface area contributed by atoms with Gasteiger partial charge in [0.05, 0.1) is 0 Å². The fraction of sp³-hybridized carbons (Fsp3) is 0. The molecule has 0 spiro atoms. The van der Waals surface area contributed by atoms with Gasteiger partial charge in [-0.2, -0.15) is 0 Å². The Morgan fingerprint density at radius 3 is 1.48 bits per heavy atom. The van der Waals surface area contributed by atoms with Crippen LogP contribution in [0.5, 0.6) is 0 Å². The van der Waals surface area contributed by atoms with Gasteiger partial charge in [0.25, 0.3) is 0 Å². The van der Waals surface area contributed by atoms with E-state index in [9.17, 15) is 0 Å². The normalized spacial score (nSPS) is 11.9. The third kappa shape index (κ3) is 4.90. The highest BCUT2D eigenvalue weighted by molar-refractivity contribution is 7.80. The Balaban J connectivity index is 1.04. The van der Waals surface area contributed by atoms with Crippen molar-refractivity contribution in [1.29, 1.82) is 0 Å². The number of hydrogen-bond donors (Lipinski definition) is 0. The first kappa shape index (κ1) is 31.0. The summed E-state index contributed by atoms with van der Waals surface area (Å²) in [5.41, 5.74) is 14.4. The molecule has 1 aromatic heterocycles. The summed E-state index contributed by atoms with van der Waals surface area (Å²) in [6, 6.07) is 73.2. The fourth-order valence-electron chi connectivity index (χ4n) is 8.59. The molecule has 9 aromatic carbocycles. The zero-order valence-corrected chi connectivity index (χ0v) is 30.3. The van der Waals surface area contributed by atoms with Gasteiger partial charge in [0, 0.05) is 10.8 Å². The summed E-state index contributed by atoms with van der Waals surface area (Å²) in [7, 11) is -0.913. The average Bonchev–Trinajstić information content (AvgIpc) is 3.78. The maximum absolute atomic E-state index is 6.69. The molecule has 0 unspecified atom stereocenters. The highest BCUT2D eigenvalue weighted by Crippen LogP contribution is 2.51. The van der Waals surface area contributed by atoms with Gasteiger partial charge in [-0.1, -0.05) is 182 Å². The van der Waals surface area contributed by atoms with Gasteiger partial charge in [0.1, 0.15) is 11.2 Å². The molecule has 1 nitrogen and oxygen atoms in total. The van der Waals surface area contributed by atoms with Gasteiger partial charge >= 0.3 is 0 Å². The van der Waals surface area contributed by atoms with Crippen LogP contribution in [0.3, 0.4) is 0 Å². The van der Waals surface area contributed by atoms with Crippen molar-refractivity contribution in [2.75, 3.05) is 0 Å². The van der Waals surface area contributed by atoms with Gasteiger partial charge in [-0.05, 0) is 108 Å². The Morgan fingerprint density at radius 1 is 0.296 bits per heavy atom. The number of benzene rings is 9. The van der Waals surface area contributed by atoms with Crippen LogP contribution in [-0.2, 0) is 0 Å². The van der Waals surface area contributed by atoms with E-state index in [0.29, 0.717) is 0 Å². The Labute approximate surface area is 315 Å². The van der Waals surface area contributed by atoms with E-state index in [1.165, 1.54) is 82.1 Å². The van der Waals surface area contributed by atoms with Gasteiger partial charge in [-0.3, -0.25) is 0 Å². The molecule has 0 saturated carbocycles. The minimum Gasteiger partial charge on any atom is -0.456 e. The van der Waals surface area contributed by atoms with Gasteiger partial charge in [-0.15, -0.1) is 0 Å². The second-order valence-electron chi connectivity index (χ2n) is 14.0. The van der Waals surface area contributed by atoms with Gasteiger partial charge in [-0.25, -0.2) is 0 Å². The molecule has 0 saturated heterocycles. The standard InChI is InChI=1S/C52H33OP/c1-3-14-35(15-4-1)39-18-9-11-24-49(39)54(50-25-12-10-19-40(50)36-16-5-2-6-17-36)38-29-26-34(27-30-38)37-28-31-44-47(32-37)53-48-33-46-42-21-8-7-20-41(42)43-22-13-23-45(51(43)46)52(44)48/h1-33H. The minimum absolute atomic E-state index is 0.913. The Kier molecular flexibility index (Phi) is 7.22. The van der Waals surface area contributed by atoms with E-state index < -0.39 is 7.92 Å². The third-order valence-corrected chi connectivity index (χ3v) is 13.6. The molecule has 10 aromatic rings. The Hall–Kier alpha value is -6.53. The largest absolute Gasteiger partial charge is 0.456 e. The van der Waals surface area contributed by atoms with Crippen LogP contribution in [-0.4, -0.2) is 0 Å². The fourth-order valence-corrected chi connectivity index (χ4v) is 11.2. The van der Waals surface area contributed by atoms with Gasteiger partial charge in [0.2, 0.25) is 0 Å². The first-order valence-corrected chi connectivity index (χ1v) is 19.9.